The predicted octanol–water partition coefficient (Wildman–Crippen LogP) is 33.3. The zero-order chi connectivity index (χ0) is 94.7. The van der Waals surface area contributed by atoms with E-state index in [-0.39, 0.29) is 63.0 Å². The zero-order valence-electron chi connectivity index (χ0n) is 83.7. The molecule has 0 saturated carbocycles. The number of benzene rings is 12. The van der Waals surface area contributed by atoms with Gasteiger partial charge in [0, 0.05) is 79.0 Å². The lowest BCUT2D eigenvalue weighted by molar-refractivity contribution is 0.569. The van der Waals surface area contributed by atoms with Crippen LogP contribution in [-0.4, -0.2) is 21.9 Å². The van der Waals surface area contributed by atoms with Crippen molar-refractivity contribution in [3.8, 4) is 33.6 Å². The molecule has 4 atom stereocenters. The van der Waals surface area contributed by atoms with E-state index in [1.807, 2.05) is 0 Å². The molecule has 0 spiro atoms. The summed E-state index contributed by atoms with van der Waals surface area (Å²) < 4.78 is 5.28. The molecule has 0 saturated heterocycles. The Balaban J connectivity index is 0.908. The van der Waals surface area contributed by atoms with Crippen LogP contribution in [0.25, 0.3) is 82.8 Å². The van der Waals surface area contributed by atoms with Gasteiger partial charge in [-0.15, -0.1) is 0 Å². The van der Waals surface area contributed by atoms with Gasteiger partial charge >= 0.3 is 0 Å². The Hall–Kier alpha value is -13.2. The number of aromatic nitrogens is 2. The minimum Gasteiger partial charge on any atom is -0.334 e. The minimum absolute atomic E-state index is 0.0853. The average Bonchev–Trinajstić information content (AvgIpc) is 0.893. The van der Waals surface area contributed by atoms with Gasteiger partial charge in [0.05, 0.1) is 33.8 Å². The fraction of sp³-hybridized carbons (Fsp3) is 0.273. The normalized spacial score (nSPS) is 18.6. The molecule has 4 nitrogen and oxygen atoms in total. The Morgan fingerprint density at radius 2 is 0.818 bits per heavy atom. The van der Waals surface area contributed by atoms with Gasteiger partial charge in [-0.25, -0.2) is 0 Å². The van der Waals surface area contributed by atoms with Crippen LogP contribution >= 0.6 is 0 Å². The van der Waals surface area contributed by atoms with E-state index in [1.165, 1.54) is 205 Å². The second kappa shape index (κ2) is 33.9. The standard InChI is InChI=1S/C132H131BN4/c1-127(2,3)98-57-65-116-110(78-98)111-79-99(128(4,5)6)58-66-117(111)134(116)104-61-63-114-120(82-104)136(125-106(92-49-31-45-88(69-92)84-37-23-19-24-38-84)53-35-54-107(125)93-50-32-46-89(70-93)85-39-25-20-26-40-85)122-75-97(96-73-102(131(13,14)15)77-103(74-96)132(16,17)18)76-123-124(122)133(114)115-64-62-105(135-118-67-59-100(129(7,8)9)80-112(118)113-81-101(130(10,11)12)60-68-119(113)135)83-121(115)137(123)126-108(94-51-33-47-90(71-94)86-41-27-21-28-42-86)55-36-56-109(126)95-52-34-48-91(72-95)87-43-29-22-30-44-87/h19-21,23-29,31-33,36-51,53,55-69,72-83,89-90,108,126H,22,30,34-35,52,54,70-71H2,1-18H3. The highest BCUT2D eigenvalue weighted by Crippen LogP contribution is 2.55. The number of fused-ring (bicyclic) bond motifs is 10. The Morgan fingerprint density at radius 3 is 1.36 bits per heavy atom. The number of nitrogens with zero attached hydrogens (tertiary/aromatic N) is 4. The van der Waals surface area contributed by atoms with Gasteiger partial charge in [0.1, 0.15) is 0 Å². The number of anilines is 4. The van der Waals surface area contributed by atoms with E-state index < -0.39 is 0 Å². The first-order chi connectivity index (χ1) is 65.7. The number of rotatable bonds is 13. The summed E-state index contributed by atoms with van der Waals surface area (Å²) in [6.45, 7) is 42.6. The molecule has 8 aliphatic rings. The van der Waals surface area contributed by atoms with Gasteiger partial charge in [0.15, 0.2) is 0 Å². The van der Waals surface area contributed by atoms with Gasteiger partial charge in [-0.2, -0.15) is 0 Å². The highest BCUT2D eigenvalue weighted by molar-refractivity contribution is 7.00. The van der Waals surface area contributed by atoms with Crippen molar-refractivity contribution in [1.29, 1.82) is 0 Å². The predicted molar refractivity (Wildman–Crippen MR) is 589 cm³/mol. The molecule has 0 radical (unpaired) electrons. The molecule has 12 aromatic carbocycles. The molecule has 137 heavy (non-hydrogen) atoms. The molecular formula is C132H131BN4. The maximum atomic E-state index is 3.00. The maximum Gasteiger partial charge on any atom is 0.252 e. The molecule has 6 aliphatic carbocycles. The first kappa shape index (κ1) is 89.0. The Kier molecular flexibility index (Phi) is 22.0. The third-order valence-electron chi connectivity index (χ3n) is 31.2. The van der Waals surface area contributed by atoms with Gasteiger partial charge in [0.2, 0.25) is 0 Å². The van der Waals surface area contributed by atoms with E-state index in [4.69, 9.17) is 0 Å². The Labute approximate surface area is 814 Å². The van der Waals surface area contributed by atoms with Crippen LogP contribution in [0.5, 0.6) is 0 Å². The van der Waals surface area contributed by atoms with Crippen LogP contribution in [0.15, 0.2) is 391 Å². The zero-order valence-corrected chi connectivity index (χ0v) is 83.7. The molecule has 0 bridgehead atoms. The minimum atomic E-state index is -0.289. The van der Waals surface area contributed by atoms with Crippen molar-refractivity contribution in [3.63, 3.8) is 0 Å². The van der Waals surface area contributed by atoms with Crippen molar-refractivity contribution in [2.75, 3.05) is 9.80 Å². The van der Waals surface area contributed by atoms with Gasteiger partial charge in [0.25, 0.3) is 6.71 Å². The van der Waals surface area contributed by atoms with Crippen molar-refractivity contribution >= 4 is 95.0 Å². The molecule has 2 aromatic heterocycles. The van der Waals surface area contributed by atoms with Gasteiger partial charge in [-0.1, -0.05) is 385 Å². The third kappa shape index (κ3) is 16.2. The number of allylic oxidation sites excluding steroid dienone is 19. The smallest absolute Gasteiger partial charge is 0.252 e. The molecule has 14 aromatic rings. The summed E-state index contributed by atoms with van der Waals surface area (Å²) in [4.78, 5) is 5.90. The molecule has 682 valence electrons. The fourth-order valence-corrected chi connectivity index (χ4v) is 23.4. The maximum absolute atomic E-state index is 3.00. The Bertz CT molecular complexity index is 7510. The van der Waals surface area contributed by atoms with Crippen LogP contribution in [0.3, 0.4) is 0 Å². The lowest BCUT2D eigenvalue weighted by atomic mass is 9.33. The Morgan fingerprint density at radius 1 is 0.336 bits per heavy atom. The molecular weight excluding hydrogens is 1650 g/mol. The van der Waals surface area contributed by atoms with E-state index in [0.717, 1.165) is 62.7 Å². The molecule has 4 heterocycles. The van der Waals surface area contributed by atoms with Crippen LogP contribution in [0.2, 0.25) is 0 Å². The monoisotopic (exact) mass is 1780 g/mol. The number of hydrogen-bond acceptors (Lipinski definition) is 2. The number of hydrogen-bond donors (Lipinski definition) is 0. The van der Waals surface area contributed by atoms with E-state index >= 15 is 0 Å². The van der Waals surface area contributed by atoms with Gasteiger partial charge < -0.3 is 18.9 Å². The second-order valence-corrected chi connectivity index (χ2v) is 46.5. The van der Waals surface area contributed by atoms with Crippen molar-refractivity contribution < 1.29 is 0 Å². The van der Waals surface area contributed by atoms with Gasteiger partial charge in [-0.3, -0.25) is 0 Å². The SMILES string of the molecule is CC(C)(C)c1cc(-c2cc3c4c(c2)N(C2C(C5=CC(C6=CCCC=C6)=CCC5)=CC=CC2C2=CC=CC(c5ccccc5)C2)c2cc(-n5c6ccc(C(C)(C)C)cc6c6cc(C(C)(C)C)ccc65)ccc2B4c2ccc(-n4c5ccc(C(C)(C)C)cc5c5cc(C(C)(C)C)ccc54)cc2N3C2=C(C3=CC=CC(c4ccccc4)C3)CCC=C2c2cccc(-c3ccccc3)c2)cc(C(C)(C)C)c1. The lowest BCUT2D eigenvalue weighted by Crippen LogP contribution is -2.64. The van der Waals surface area contributed by atoms with Crippen LogP contribution in [0.1, 0.15) is 238 Å². The largest absolute Gasteiger partial charge is 0.334 e. The first-order valence-electron chi connectivity index (χ1n) is 50.7. The summed E-state index contributed by atoms with van der Waals surface area (Å²) in [5, 5.41) is 5.10. The highest BCUT2D eigenvalue weighted by Gasteiger charge is 2.50. The van der Waals surface area contributed by atoms with Gasteiger partial charge in [-0.05, 0) is 297 Å². The molecule has 2 aliphatic heterocycles. The second-order valence-electron chi connectivity index (χ2n) is 46.5. The summed E-state index contributed by atoms with van der Waals surface area (Å²) >= 11 is 0. The average molecular weight is 1780 g/mol. The molecule has 0 fully saturated rings. The van der Waals surface area contributed by atoms with Crippen LogP contribution in [0.4, 0.5) is 22.7 Å². The van der Waals surface area contributed by atoms with Crippen molar-refractivity contribution in [2.24, 2.45) is 5.92 Å². The molecule has 0 amide bonds. The fourth-order valence-electron chi connectivity index (χ4n) is 23.4. The quantitative estimate of drug-likeness (QED) is 0.107. The first-order valence-corrected chi connectivity index (χ1v) is 50.7. The van der Waals surface area contributed by atoms with Crippen molar-refractivity contribution in [3.05, 3.63) is 441 Å². The molecule has 22 rings (SSSR count). The molecule has 4 unspecified atom stereocenters. The lowest BCUT2D eigenvalue weighted by Gasteiger charge is -2.50. The third-order valence-corrected chi connectivity index (χ3v) is 31.2. The molecule has 5 heteroatoms. The summed E-state index contributed by atoms with van der Waals surface area (Å²) in [6, 6.07) is 101. The van der Waals surface area contributed by atoms with Crippen LogP contribution in [-0.2, 0) is 32.5 Å². The summed E-state index contributed by atoms with van der Waals surface area (Å²) in [5.41, 5.74) is 43.8. The van der Waals surface area contributed by atoms with E-state index in [0.29, 0.717) is 0 Å². The summed E-state index contributed by atoms with van der Waals surface area (Å²) in [7, 11) is 0. The molecule has 0 N–H and O–H groups in total. The summed E-state index contributed by atoms with van der Waals surface area (Å²) in [6.07, 6.45) is 44.9. The van der Waals surface area contributed by atoms with Crippen molar-refractivity contribution in [2.45, 2.75) is 226 Å². The topological polar surface area (TPSA) is 16.3 Å². The van der Waals surface area contributed by atoms with E-state index in [2.05, 4.69) is 489 Å². The van der Waals surface area contributed by atoms with E-state index in [9.17, 15) is 0 Å². The van der Waals surface area contributed by atoms with Crippen LogP contribution in [0, 0.1) is 5.92 Å². The summed E-state index contributed by atoms with van der Waals surface area (Å²) in [5.74, 6) is 0.251. The highest BCUT2D eigenvalue weighted by atomic mass is 15.2. The van der Waals surface area contributed by atoms with E-state index in [1.54, 1.807) is 0 Å². The van der Waals surface area contributed by atoms with Crippen molar-refractivity contribution in [1.82, 2.24) is 9.13 Å². The van der Waals surface area contributed by atoms with Crippen LogP contribution < -0.4 is 26.2 Å².